The summed E-state index contributed by atoms with van der Waals surface area (Å²) in [6, 6.07) is 9.03. The molecule has 0 saturated carbocycles. The summed E-state index contributed by atoms with van der Waals surface area (Å²) in [6.45, 7) is 0.294. The van der Waals surface area contributed by atoms with E-state index in [9.17, 15) is 4.39 Å². The van der Waals surface area contributed by atoms with Crippen molar-refractivity contribution in [3.05, 3.63) is 53.1 Å². The Kier molecular flexibility index (Phi) is 4.66. The molecule has 0 spiro atoms. The Bertz CT molecular complexity index is 889. The van der Waals surface area contributed by atoms with Gasteiger partial charge in [-0.15, -0.1) is 0 Å². The topological polar surface area (TPSA) is 56.3 Å². The van der Waals surface area contributed by atoms with Gasteiger partial charge in [-0.25, -0.2) is 9.37 Å². The first-order chi connectivity index (χ1) is 11.6. The summed E-state index contributed by atoms with van der Waals surface area (Å²) in [5.74, 6) is -0.331. The van der Waals surface area contributed by atoms with Crippen LogP contribution in [0.15, 0.2) is 36.5 Å². The first kappa shape index (κ1) is 16.3. The molecule has 0 aliphatic carbocycles. The van der Waals surface area contributed by atoms with E-state index in [1.54, 1.807) is 6.20 Å². The van der Waals surface area contributed by atoms with Crippen molar-refractivity contribution in [1.82, 2.24) is 9.97 Å². The van der Waals surface area contributed by atoms with Crippen LogP contribution < -0.4 is 14.8 Å². The van der Waals surface area contributed by atoms with Crippen LogP contribution in [0, 0.1) is 5.82 Å². The third-order valence-electron chi connectivity index (χ3n) is 3.51. The lowest BCUT2D eigenvalue weighted by Crippen LogP contribution is -2.06. The fourth-order valence-electron chi connectivity index (χ4n) is 2.31. The number of ether oxygens (including phenoxy) is 2. The molecular weight excluding hydrogens is 333 g/mol. The molecule has 1 heterocycles. The minimum atomic E-state index is -0.586. The number of halogens is 2. The Balaban J connectivity index is 1.87. The lowest BCUT2D eigenvalue weighted by molar-refractivity contribution is 0.375. The maximum Gasteiger partial charge on any atom is 0.189 e. The van der Waals surface area contributed by atoms with E-state index in [1.807, 2.05) is 24.3 Å². The van der Waals surface area contributed by atoms with Crippen LogP contribution in [0.4, 0.5) is 10.1 Å². The molecule has 2 aromatic carbocycles. The van der Waals surface area contributed by atoms with Crippen molar-refractivity contribution < 1.29 is 13.9 Å². The number of benzene rings is 2. The van der Waals surface area contributed by atoms with Gasteiger partial charge in [0.15, 0.2) is 11.6 Å². The van der Waals surface area contributed by atoms with Gasteiger partial charge in [0.25, 0.3) is 0 Å². The summed E-state index contributed by atoms with van der Waals surface area (Å²) >= 11 is 6.03. The highest BCUT2D eigenvalue weighted by atomic mass is 35.5. The van der Waals surface area contributed by atoms with E-state index in [2.05, 4.69) is 15.3 Å². The molecule has 1 aromatic heterocycles. The average Bonchev–Trinajstić information content (AvgIpc) is 2.61. The molecule has 0 bridgehead atoms. The summed E-state index contributed by atoms with van der Waals surface area (Å²) in [5.41, 5.74) is 2.48. The van der Waals surface area contributed by atoms with Crippen LogP contribution in [-0.2, 0) is 6.54 Å². The highest BCUT2D eigenvalue weighted by molar-refractivity contribution is 6.33. The third kappa shape index (κ3) is 3.05. The van der Waals surface area contributed by atoms with Crippen LogP contribution in [0.2, 0.25) is 5.02 Å². The van der Waals surface area contributed by atoms with Crippen LogP contribution >= 0.6 is 11.6 Å². The molecule has 0 fully saturated rings. The zero-order chi connectivity index (χ0) is 17.1. The van der Waals surface area contributed by atoms with Crippen LogP contribution in [0.1, 0.15) is 5.69 Å². The first-order valence-electron chi connectivity index (χ1n) is 7.18. The fourth-order valence-corrected chi connectivity index (χ4v) is 2.60. The number of hydrogen-bond acceptors (Lipinski definition) is 5. The van der Waals surface area contributed by atoms with Crippen molar-refractivity contribution >= 4 is 28.3 Å². The van der Waals surface area contributed by atoms with E-state index in [0.29, 0.717) is 18.0 Å². The van der Waals surface area contributed by atoms with Gasteiger partial charge >= 0.3 is 0 Å². The van der Waals surface area contributed by atoms with Crippen molar-refractivity contribution in [1.29, 1.82) is 0 Å². The van der Waals surface area contributed by atoms with Gasteiger partial charge in [0.2, 0.25) is 0 Å². The lowest BCUT2D eigenvalue weighted by Gasteiger charge is -2.14. The van der Waals surface area contributed by atoms with Gasteiger partial charge < -0.3 is 14.8 Å². The zero-order valence-electron chi connectivity index (χ0n) is 13.1. The van der Waals surface area contributed by atoms with E-state index < -0.39 is 5.82 Å². The van der Waals surface area contributed by atoms with Gasteiger partial charge in [0, 0.05) is 6.07 Å². The number of anilines is 1. The molecule has 124 valence electrons. The molecule has 0 amide bonds. The van der Waals surface area contributed by atoms with Crippen LogP contribution in [-0.4, -0.2) is 24.2 Å². The Hall–Kier alpha value is -2.60. The van der Waals surface area contributed by atoms with Crippen molar-refractivity contribution in [2.24, 2.45) is 0 Å². The second-order valence-electron chi connectivity index (χ2n) is 4.99. The summed E-state index contributed by atoms with van der Waals surface area (Å²) in [6.07, 6.45) is 1.65. The minimum absolute atomic E-state index is 0.0666. The van der Waals surface area contributed by atoms with Gasteiger partial charge in [0.05, 0.1) is 49.4 Å². The first-order valence-corrected chi connectivity index (χ1v) is 7.56. The van der Waals surface area contributed by atoms with Crippen molar-refractivity contribution in [2.45, 2.75) is 6.54 Å². The molecule has 7 heteroatoms. The summed E-state index contributed by atoms with van der Waals surface area (Å²) in [5, 5.41) is 3.07. The minimum Gasteiger partial charge on any atom is -0.495 e. The Morgan fingerprint density at radius 3 is 2.62 bits per heavy atom. The number of hydrogen-bond donors (Lipinski definition) is 1. The smallest absolute Gasteiger partial charge is 0.189 e. The molecule has 0 atom stereocenters. The third-order valence-corrected chi connectivity index (χ3v) is 3.87. The van der Waals surface area contributed by atoms with E-state index >= 15 is 0 Å². The number of aromatic nitrogens is 2. The van der Waals surface area contributed by atoms with Crippen LogP contribution in [0.5, 0.6) is 11.5 Å². The Morgan fingerprint density at radius 2 is 1.92 bits per heavy atom. The number of para-hydroxylation sites is 2. The zero-order valence-corrected chi connectivity index (χ0v) is 13.9. The predicted molar refractivity (Wildman–Crippen MR) is 91.4 cm³/mol. The number of fused-ring (bicyclic) bond motifs is 1. The molecule has 0 unspecified atom stereocenters. The standard InChI is InChI=1S/C17H15ClFN3O2/c1-23-14-7-13(16(19)17(24-2)15(14)18)21-9-10-8-20-11-5-3-4-6-12(11)22-10/h3-8,21H,9H2,1-2H3. The monoisotopic (exact) mass is 347 g/mol. The molecule has 5 nitrogen and oxygen atoms in total. The SMILES string of the molecule is COc1cc(NCc2cnc3ccccc3n2)c(F)c(OC)c1Cl. The molecule has 0 radical (unpaired) electrons. The van der Waals surface area contributed by atoms with E-state index in [4.69, 9.17) is 21.1 Å². The second kappa shape index (κ2) is 6.88. The quantitative estimate of drug-likeness (QED) is 0.754. The lowest BCUT2D eigenvalue weighted by atomic mass is 10.2. The maximum atomic E-state index is 14.4. The molecule has 0 saturated heterocycles. The highest BCUT2D eigenvalue weighted by Crippen LogP contribution is 2.40. The summed E-state index contributed by atoms with van der Waals surface area (Å²) in [7, 11) is 2.81. The molecule has 1 N–H and O–H groups in total. The van der Waals surface area contributed by atoms with Gasteiger partial charge in [-0.2, -0.15) is 0 Å². The largest absolute Gasteiger partial charge is 0.495 e. The molecule has 24 heavy (non-hydrogen) atoms. The molecule has 3 rings (SSSR count). The molecule has 0 aliphatic heterocycles. The highest BCUT2D eigenvalue weighted by Gasteiger charge is 2.18. The molecular formula is C17H15ClFN3O2. The molecule has 0 aliphatic rings. The summed E-state index contributed by atoms with van der Waals surface area (Å²) < 4.78 is 24.6. The van der Waals surface area contributed by atoms with Crippen molar-refractivity contribution in [3.63, 3.8) is 0 Å². The van der Waals surface area contributed by atoms with Crippen LogP contribution in [0.25, 0.3) is 11.0 Å². The van der Waals surface area contributed by atoms with E-state index in [-0.39, 0.29) is 16.5 Å². The molecule has 3 aromatic rings. The Morgan fingerprint density at radius 1 is 1.17 bits per heavy atom. The Labute approximate surface area is 143 Å². The maximum absolute atomic E-state index is 14.4. The van der Waals surface area contributed by atoms with Gasteiger partial charge in [-0.1, -0.05) is 23.7 Å². The van der Waals surface area contributed by atoms with Crippen LogP contribution in [0.3, 0.4) is 0 Å². The van der Waals surface area contributed by atoms with Gasteiger partial charge in [-0.3, -0.25) is 4.98 Å². The van der Waals surface area contributed by atoms with Gasteiger partial charge in [-0.05, 0) is 12.1 Å². The second-order valence-corrected chi connectivity index (χ2v) is 5.37. The van der Waals surface area contributed by atoms with Crippen molar-refractivity contribution in [3.8, 4) is 11.5 Å². The van der Waals surface area contributed by atoms with E-state index in [1.165, 1.54) is 20.3 Å². The van der Waals surface area contributed by atoms with E-state index in [0.717, 1.165) is 11.0 Å². The average molecular weight is 348 g/mol. The number of methoxy groups -OCH3 is 2. The number of rotatable bonds is 5. The normalized spacial score (nSPS) is 10.7. The number of nitrogens with one attached hydrogen (secondary N) is 1. The summed E-state index contributed by atoms with van der Waals surface area (Å²) in [4.78, 5) is 8.82. The van der Waals surface area contributed by atoms with Gasteiger partial charge in [0.1, 0.15) is 10.8 Å². The fraction of sp³-hybridized carbons (Fsp3) is 0.176. The number of nitrogens with zero attached hydrogens (tertiary/aromatic N) is 2. The predicted octanol–water partition coefficient (Wildman–Crippen LogP) is 4.05. The van der Waals surface area contributed by atoms with Crippen molar-refractivity contribution in [2.75, 3.05) is 19.5 Å².